The Morgan fingerprint density at radius 1 is 0.146 bits per heavy atom. The van der Waals surface area contributed by atoms with Crippen molar-refractivity contribution < 1.29 is 0 Å². The van der Waals surface area contributed by atoms with Crippen LogP contribution in [0.2, 0.25) is 0 Å². The van der Waals surface area contributed by atoms with E-state index in [0.717, 1.165) is 19.3 Å². The molecule has 0 spiro atoms. The Labute approximate surface area is 808 Å². The maximum absolute atomic E-state index is 3.59. The van der Waals surface area contributed by atoms with Crippen LogP contribution < -0.4 is 0 Å². The predicted molar refractivity (Wildman–Crippen MR) is 615 cm³/mol. The van der Waals surface area contributed by atoms with Gasteiger partial charge < -0.3 is 0 Å². The van der Waals surface area contributed by atoms with Crippen LogP contribution in [-0.4, -0.2) is 0 Å². The number of allylic oxidation sites excluding steroid dienone is 21. The number of unbranched alkanes of at least 4 members (excludes halogenated alkanes) is 15. The monoisotopic (exact) mass is 1750 g/mol. The molecule has 0 radical (unpaired) electrons. The molecule has 0 heteroatoms. The second kappa shape index (κ2) is 136. The van der Waals surface area contributed by atoms with E-state index in [2.05, 4.69) is 323 Å². The fourth-order valence-corrected chi connectivity index (χ4v) is 9.19. The molecule has 8 rings (SSSR count). The first-order valence-corrected chi connectivity index (χ1v) is 49.3. The Kier molecular flexibility index (Phi) is 143. The molecule has 8 aromatic carbocycles. The molecule has 8 aromatic rings. The fourth-order valence-electron chi connectivity index (χ4n) is 9.19. The first-order chi connectivity index (χ1) is 63.7. The van der Waals surface area contributed by atoms with Gasteiger partial charge in [-0.05, 0) is 89.5 Å². The zero-order valence-electron chi connectivity index (χ0n) is 86.3. The lowest BCUT2D eigenvalue weighted by atomic mass is 10.2. The molecule has 0 nitrogen and oxygen atoms in total. The third-order valence-electron chi connectivity index (χ3n) is 16.6. The van der Waals surface area contributed by atoms with Crippen molar-refractivity contribution in [1.29, 1.82) is 0 Å². The van der Waals surface area contributed by atoms with Gasteiger partial charge in [-0.2, -0.15) is 0 Å². The minimum Gasteiger partial charge on any atom is -0.103 e. The van der Waals surface area contributed by atoms with Crippen molar-refractivity contribution in [3.63, 3.8) is 0 Å². The van der Waals surface area contributed by atoms with Gasteiger partial charge in [0.15, 0.2) is 0 Å². The number of benzene rings is 8. The van der Waals surface area contributed by atoms with Crippen LogP contribution in [0.15, 0.2) is 429 Å². The van der Waals surface area contributed by atoms with Crippen molar-refractivity contribution in [3.8, 4) is 0 Å². The van der Waals surface area contributed by atoms with E-state index in [-0.39, 0.29) is 0 Å². The van der Waals surface area contributed by atoms with Gasteiger partial charge in [0, 0.05) is 0 Å². The first kappa shape index (κ1) is 137. The first-order valence-electron chi connectivity index (χ1n) is 49.3. The molecule has 0 aliphatic heterocycles. The van der Waals surface area contributed by atoms with Gasteiger partial charge >= 0.3 is 0 Å². The van der Waals surface area contributed by atoms with E-state index in [1.54, 1.807) is 42.5 Å². The smallest absolute Gasteiger partial charge is 0.0257 e. The van der Waals surface area contributed by atoms with E-state index in [1.165, 1.54) is 199 Å². The average Bonchev–Trinajstić information content (AvgIpc) is 1.02. The van der Waals surface area contributed by atoms with E-state index in [9.17, 15) is 0 Å². The molecule has 0 aliphatic carbocycles. The molecule has 0 fully saturated rings. The Morgan fingerprint density at radius 3 is 0.338 bits per heavy atom. The lowest BCUT2D eigenvalue weighted by Crippen LogP contribution is -1.66. The van der Waals surface area contributed by atoms with Gasteiger partial charge in [0.2, 0.25) is 0 Å². The molecule has 0 N–H and O–H groups in total. The highest BCUT2D eigenvalue weighted by Crippen LogP contribution is 2.08. The van der Waals surface area contributed by atoms with E-state index >= 15 is 0 Å². The molecule has 0 atom stereocenters. The molecule has 0 aromatic heterocycles. The summed E-state index contributed by atoms with van der Waals surface area (Å²) in [6.45, 7) is 69.2. The van der Waals surface area contributed by atoms with Gasteiger partial charge in [-0.25, -0.2) is 0 Å². The summed E-state index contributed by atoms with van der Waals surface area (Å²) in [7, 11) is 0. The molecule has 0 aliphatic rings. The van der Waals surface area contributed by atoms with E-state index in [4.69, 9.17) is 0 Å². The second-order valence-electron chi connectivity index (χ2n) is 28.8. The SMILES string of the molecule is C=C/C=C/c1ccccc1.C=C/C=C/c1ccccc1.C=C/C=C/c1ccccc1.C=C/C=C/c1ccccc1.C=C/C=C/c1ccccc1.C=C/C=C/c1ccccc1.C=C/C=C/c1ccccc1.C=CCC.C=CCC.CC/C=C/c1ccccc1.CCC=CCC.CCC=CCC.CCCCCC.CCCCCC.CCCCCC.CCCCCC.CCCCCC. The van der Waals surface area contributed by atoms with Gasteiger partial charge in [0.25, 0.3) is 0 Å². The summed E-state index contributed by atoms with van der Waals surface area (Å²) < 4.78 is 0. The number of hydrogen-bond acceptors (Lipinski definition) is 0. The lowest BCUT2D eigenvalue weighted by Gasteiger charge is -1.88. The van der Waals surface area contributed by atoms with Gasteiger partial charge in [-0.3, -0.25) is 0 Å². The molecular weight excluding hydrogens is 1560 g/mol. The van der Waals surface area contributed by atoms with Crippen LogP contribution in [0, 0.1) is 0 Å². The number of hydrogen-bond donors (Lipinski definition) is 0. The highest BCUT2D eigenvalue weighted by Gasteiger charge is 1.87. The number of rotatable bonds is 37. The largest absolute Gasteiger partial charge is 0.103 e. The Balaban J connectivity index is -0.000000172. The summed E-state index contributed by atoms with van der Waals surface area (Å²) >= 11 is 0. The van der Waals surface area contributed by atoms with Crippen molar-refractivity contribution in [1.82, 2.24) is 0 Å². The molecule has 130 heavy (non-hydrogen) atoms. The molecule has 0 bridgehead atoms. The summed E-state index contributed by atoms with van der Waals surface area (Å²) in [6, 6.07) is 81.4. The van der Waals surface area contributed by atoms with Gasteiger partial charge in [0.05, 0.1) is 0 Å². The fraction of sp³-hybridized carbons (Fsp3) is 0.338. The standard InChI is InChI=1S/C10H12.7C10H10.5C6H14.2C6H12.2C4H8/c8*1-2-3-7-10-8-5-4-6-9-10;7*1-3-5-6-4-2;2*1-3-4-2/h3-9H,2H2,1H3;7*2-9H,1H2;5*3-6H2,1-2H3;2*5-6H,3-4H2,1-2H3;2*3H,1,4H2,2H3/b8*7-3+;;;;;;;;;. The minimum absolute atomic E-state index is 1.08. The van der Waals surface area contributed by atoms with Gasteiger partial charge in [-0.1, -0.05) is 711 Å². The Morgan fingerprint density at radius 2 is 0.254 bits per heavy atom. The molecule has 712 valence electrons. The Bertz CT molecular complexity index is 3150. The zero-order chi connectivity index (χ0) is 98.5. The van der Waals surface area contributed by atoms with Crippen LogP contribution in [0.25, 0.3) is 48.6 Å². The lowest BCUT2D eigenvalue weighted by molar-refractivity contribution is 0.702. The highest BCUT2D eigenvalue weighted by atomic mass is 13.9. The summed E-state index contributed by atoms with van der Waals surface area (Å²) in [6.07, 6.45) is 92.4. The molecular formula is C130H192. The quantitative estimate of drug-likeness (QED) is 0.0207. The molecule has 0 unspecified atom stereocenters. The average molecular weight is 1750 g/mol. The molecule has 0 amide bonds. The molecule has 0 heterocycles. The normalized spacial score (nSPS) is 9.61. The van der Waals surface area contributed by atoms with Crippen LogP contribution >= 0.6 is 0 Å². The van der Waals surface area contributed by atoms with Gasteiger partial charge in [-0.15, -0.1) is 13.2 Å². The topological polar surface area (TPSA) is 0 Å². The zero-order valence-corrected chi connectivity index (χ0v) is 86.3. The summed E-state index contributed by atoms with van der Waals surface area (Å²) in [5.74, 6) is 0. The van der Waals surface area contributed by atoms with Crippen molar-refractivity contribution in [2.75, 3.05) is 0 Å². The minimum atomic E-state index is 1.08. The third kappa shape index (κ3) is 135. The van der Waals surface area contributed by atoms with Crippen LogP contribution in [0.4, 0.5) is 0 Å². The molecule has 0 saturated carbocycles. The summed E-state index contributed by atoms with van der Waals surface area (Å²) in [4.78, 5) is 0. The summed E-state index contributed by atoms with van der Waals surface area (Å²) in [5, 5.41) is 0. The van der Waals surface area contributed by atoms with E-state index < -0.39 is 0 Å². The van der Waals surface area contributed by atoms with E-state index in [1.807, 2.05) is 231 Å². The van der Waals surface area contributed by atoms with Gasteiger partial charge in [0.1, 0.15) is 0 Å². The van der Waals surface area contributed by atoms with Crippen LogP contribution in [0.1, 0.15) is 336 Å². The van der Waals surface area contributed by atoms with Crippen LogP contribution in [0.3, 0.4) is 0 Å². The van der Waals surface area contributed by atoms with Crippen molar-refractivity contribution in [2.45, 2.75) is 291 Å². The molecule has 0 saturated heterocycles. The highest BCUT2D eigenvalue weighted by molar-refractivity contribution is 5.55. The van der Waals surface area contributed by atoms with Crippen molar-refractivity contribution >= 4 is 48.6 Å². The third-order valence-corrected chi connectivity index (χ3v) is 16.6. The Hall–Kier alpha value is -11.2. The summed E-state index contributed by atoms with van der Waals surface area (Å²) in [5.41, 5.74) is 9.76. The predicted octanol–water partition coefficient (Wildman–Crippen LogP) is 44.1. The maximum Gasteiger partial charge on any atom is -0.0257 e. The maximum atomic E-state index is 3.59. The van der Waals surface area contributed by atoms with Crippen LogP contribution in [0.5, 0.6) is 0 Å². The van der Waals surface area contributed by atoms with Crippen molar-refractivity contribution in [3.05, 3.63) is 474 Å². The van der Waals surface area contributed by atoms with E-state index in [0.29, 0.717) is 0 Å². The second-order valence-corrected chi connectivity index (χ2v) is 28.8. The van der Waals surface area contributed by atoms with Crippen molar-refractivity contribution in [2.24, 2.45) is 0 Å². The van der Waals surface area contributed by atoms with Crippen LogP contribution in [-0.2, 0) is 0 Å².